The van der Waals surface area contributed by atoms with E-state index in [0.717, 1.165) is 16.6 Å². The number of hydrogen-bond acceptors (Lipinski definition) is 3. The third-order valence-electron chi connectivity index (χ3n) is 4.72. The van der Waals surface area contributed by atoms with E-state index in [-0.39, 0.29) is 11.5 Å². The van der Waals surface area contributed by atoms with E-state index < -0.39 is 5.97 Å². The minimum absolute atomic E-state index is 0.176. The molecule has 4 rings (SSSR count). The molecule has 154 valence electrons. The van der Waals surface area contributed by atoms with Crippen molar-refractivity contribution in [3.63, 3.8) is 0 Å². The molecule has 0 bridgehead atoms. The zero-order valence-corrected chi connectivity index (χ0v) is 17.1. The number of amides is 1. The molecule has 0 saturated carbocycles. The van der Waals surface area contributed by atoms with Crippen molar-refractivity contribution >= 4 is 46.2 Å². The van der Waals surface area contributed by atoms with Gasteiger partial charge in [0.05, 0.1) is 22.2 Å². The quantitative estimate of drug-likeness (QED) is 0.383. The molecule has 3 aromatic carbocycles. The van der Waals surface area contributed by atoms with E-state index in [2.05, 4.69) is 15.3 Å². The molecule has 0 aliphatic heterocycles. The Morgan fingerprint density at radius 3 is 2.39 bits per heavy atom. The third-order valence-corrected chi connectivity index (χ3v) is 4.98. The molecule has 0 aliphatic rings. The van der Waals surface area contributed by atoms with Gasteiger partial charge in [-0.15, -0.1) is 0 Å². The van der Waals surface area contributed by atoms with Crippen LogP contribution < -0.4 is 5.32 Å². The lowest BCUT2D eigenvalue weighted by atomic mass is 10.1. The monoisotopic (exact) mass is 431 g/mol. The Hall–Kier alpha value is -3.90. The van der Waals surface area contributed by atoms with Crippen LogP contribution in [-0.2, 0) is 11.3 Å². The van der Waals surface area contributed by atoms with Crippen LogP contribution in [0.1, 0.15) is 27.3 Å². The molecule has 0 spiro atoms. The number of fused-ring (bicyclic) bond motifs is 1. The van der Waals surface area contributed by atoms with Crippen LogP contribution in [0.3, 0.4) is 0 Å². The van der Waals surface area contributed by atoms with Gasteiger partial charge >= 0.3 is 5.97 Å². The van der Waals surface area contributed by atoms with Crippen LogP contribution in [0.25, 0.3) is 22.7 Å². The second-order valence-electron chi connectivity index (χ2n) is 6.90. The number of nitrogens with one attached hydrogen (secondary N) is 2. The fourth-order valence-electron chi connectivity index (χ4n) is 3.09. The lowest BCUT2D eigenvalue weighted by Crippen LogP contribution is -2.24. The fraction of sp³-hybridized carbons (Fsp3) is 0.0417. The summed E-state index contributed by atoms with van der Waals surface area (Å²) >= 11 is 5.92. The second kappa shape index (κ2) is 8.85. The molecule has 1 aromatic heterocycles. The molecule has 0 unspecified atom stereocenters. The molecule has 0 aliphatic carbocycles. The Morgan fingerprint density at radius 1 is 1.00 bits per heavy atom. The van der Waals surface area contributed by atoms with Crippen LogP contribution in [0, 0.1) is 0 Å². The highest BCUT2D eigenvalue weighted by Crippen LogP contribution is 2.21. The highest BCUT2D eigenvalue weighted by Gasteiger charge is 2.16. The summed E-state index contributed by atoms with van der Waals surface area (Å²) < 4.78 is 0. The summed E-state index contributed by atoms with van der Waals surface area (Å²) in [6.07, 6.45) is 1.68. The predicted octanol–water partition coefficient (Wildman–Crippen LogP) is 4.77. The number of imidazole rings is 1. The minimum atomic E-state index is -1.01. The van der Waals surface area contributed by atoms with Crippen LogP contribution in [-0.4, -0.2) is 27.0 Å². The van der Waals surface area contributed by atoms with E-state index in [1.54, 1.807) is 30.3 Å². The molecule has 7 heteroatoms. The van der Waals surface area contributed by atoms with Crippen LogP contribution in [0.15, 0.2) is 72.8 Å². The lowest BCUT2D eigenvalue weighted by Gasteiger charge is -2.08. The van der Waals surface area contributed by atoms with Crippen molar-refractivity contribution in [2.75, 3.05) is 0 Å². The van der Waals surface area contributed by atoms with Gasteiger partial charge < -0.3 is 15.4 Å². The molecular formula is C24H18ClN3O3. The first-order valence-corrected chi connectivity index (χ1v) is 9.90. The summed E-state index contributed by atoms with van der Waals surface area (Å²) in [5.74, 6) is -0.887. The number of carboxylic acid groups (broad SMARTS) is 1. The molecule has 0 radical (unpaired) electrons. The molecule has 1 heterocycles. The molecule has 0 saturated heterocycles. The van der Waals surface area contributed by atoms with E-state index in [4.69, 9.17) is 16.7 Å². The Labute approximate surface area is 183 Å². The zero-order valence-electron chi connectivity index (χ0n) is 16.3. The number of carboxylic acids is 1. The molecule has 0 atom stereocenters. The summed E-state index contributed by atoms with van der Waals surface area (Å²) in [5.41, 5.74) is 3.67. The first kappa shape index (κ1) is 20.4. The van der Waals surface area contributed by atoms with Crippen molar-refractivity contribution in [2.45, 2.75) is 6.54 Å². The average Bonchev–Trinajstić information content (AvgIpc) is 3.21. The first-order valence-electron chi connectivity index (χ1n) is 9.52. The number of carbonyl (C=O) groups is 2. The number of H-pyrrole nitrogens is 1. The maximum absolute atomic E-state index is 13.1. The number of rotatable bonds is 6. The molecule has 0 fully saturated rings. The van der Waals surface area contributed by atoms with E-state index >= 15 is 0 Å². The van der Waals surface area contributed by atoms with Crippen molar-refractivity contribution in [3.8, 4) is 0 Å². The van der Waals surface area contributed by atoms with E-state index in [1.165, 1.54) is 12.1 Å². The summed E-state index contributed by atoms with van der Waals surface area (Å²) in [5, 5.41) is 12.6. The van der Waals surface area contributed by atoms with Crippen LogP contribution >= 0.6 is 11.6 Å². The number of aromatic carboxylic acids is 1. The molecular weight excluding hydrogens is 414 g/mol. The van der Waals surface area contributed by atoms with Crippen molar-refractivity contribution in [1.29, 1.82) is 0 Å². The van der Waals surface area contributed by atoms with Crippen molar-refractivity contribution in [1.82, 2.24) is 15.3 Å². The van der Waals surface area contributed by atoms with Gasteiger partial charge in [0.25, 0.3) is 5.91 Å². The highest BCUT2D eigenvalue weighted by atomic mass is 35.5. The Kier molecular flexibility index (Phi) is 5.82. The van der Waals surface area contributed by atoms with Crippen LogP contribution in [0.5, 0.6) is 0 Å². The molecule has 4 aromatic rings. The molecule has 3 N–H and O–H groups in total. The average molecular weight is 432 g/mol. The maximum Gasteiger partial charge on any atom is 0.335 e. The fourth-order valence-corrected chi connectivity index (χ4v) is 3.22. The standard InChI is InChI=1S/C24H18ClN3O3/c25-18-11-7-16(8-12-18)14-26-23(29)19(13-15-5-9-17(10-6-15)24(30)31)22-27-20-3-1-2-4-21(20)28-22/h1-13H,14H2,(H,26,29)(H,27,28)(H,30,31). The third kappa shape index (κ3) is 4.82. The number of carbonyl (C=O) groups excluding carboxylic acids is 1. The predicted molar refractivity (Wildman–Crippen MR) is 121 cm³/mol. The van der Waals surface area contributed by atoms with Gasteiger partial charge in [0.15, 0.2) is 0 Å². The zero-order chi connectivity index (χ0) is 21.8. The topological polar surface area (TPSA) is 95.1 Å². The molecule has 6 nitrogen and oxygen atoms in total. The lowest BCUT2D eigenvalue weighted by molar-refractivity contribution is -0.115. The van der Waals surface area contributed by atoms with E-state index in [9.17, 15) is 9.59 Å². The first-order chi connectivity index (χ1) is 15.0. The molecule has 31 heavy (non-hydrogen) atoms. The summed E-state index contributed by atoms with van der Waals surface area (Å²) in [6, 6.07) is 21.0. The van der Waals surface area contributed by atoms with Gasteiger partial charge in [-0.05, 0) is 53.6 Å². The highest BCUT2D eigenvalue weighted by molar-refractivity contribution is 6.30. The summed E-state index contributed by atoms with van der Waals surface area (Å²) in [4.78, 5) is 31.9. The normalized spacial score (nSPS) is 11.5. The maximum atomic E-state index is 13.1. The Morgan fingerprint density at radius 2 is 1.71 bits per heavy atom. The number of aromatic nitrogens is 2. The van der Waals surface area contributed by atoms with Gasteiger partial charge in [0.2, 0.25) is 0 Å². The van der Waals surface area contributed by atoms with Gasteiger partial charge in [0.1, 0.15) is 5.82 Å². The Balaban J connectivity index is 1.66. The number of hydrogen-bond donors (Lipinski definition) is 3. The largest absolute Gasteiger partial charge is 0.478 e. The summed E-state index contributed by atoms with van der Waals surface area (Å²) in [7, 11) is 0. The van der Waals surface area contributed by atoms with Gasteiger partial charge in [-0.25, -0.2) is 9.78 Å². The van der Waals surface area contributed by atoms with Gasteiger partial charge in [0, 0.05) is 11.6 Å². The van der Waals surface area contributed by atoms with Gasteiger partial charge in [-0.2, -0.15) is 0 Å². The van der Waals surface area contributed by atoms with Crippen molar-refractivity contribution in [3.05, 3.63) is 100 Å². The van der Waals surface area contributed by atoms with Gasteiger partial charge in [-0.1, -0.05) is 48.0 Å². The second-order valence-corrected chi connectivity index (χ2v) is 7.33. The van der Waals surface area contributed by atoms with Crippen LogP contribution in [0.4, 0.5) is 0 Å². The van der Waals surface area contributed by atoms with E-state index in [0.29, 0.717) is 28.5 Å². The Bertz CT molecular complexity index is 1240. The van der Waals surface area contributed by atoms with Crippen LogP contribution in [0.2, 0.25) is 5.02 Å². The number of para-hydroxylation sites is 2. The smallest absolute Gasteiger partial charge is 0.335 e. The number of aromatic amines is 1. The number of benzene rings is 3. The van der Waals surface area contributed by atoms with Gasteiger partial charge in [-0.3, -0.25) is 4.79 Å². The molecule has 1 amide bonds. The number of nitrogens with zero attached hydrogens (tertiary/aromatic N) is 1. The van der Waals surface area contributed by atoms with E-state index in [1.807, 2.05) is 36.4 Å². The van der Waals surface area contributed by atoms with Crippen molar-refractivity contribution < 1.29 is 14.7 Å². The van der Waals surface area contributed by atoms with Crippen molar-refractivity contribution in [2.24, 2.45) is 0 Å². The number of halogens is 1. The summed E-state index contributed by atoms with van der Waals surface area (Å²) in [6.45, 7) is 0.325. The minimum Gasteiger partial charge on any atom is -0.478 e. The SMILES string of the molecule is O=C(NCc1ccc(Cl)cc1)C(=Cc1ccc(C(=O)O)cc1)c1nc2ccccc2[nH]1.